The molecule has 0 bridgehead atoms. The molecule has 0 aliphatic carbocycles. The minimum absolute atomic E-state index is 0.195. The average Bonchev–Trinajstić information content (AvgIpc) is 2.90. The van der Waals surface area contributed by atoms with Gasteiger partial charge in [0.15, 0.2) is 0 Å². The minimum atomic E-state index is -0.602. The van der Waals surface area contributed by atoms with Gasteiger partial charge in [0.1, 0.15) is 18.2 Å². The third-order valence-corrected chi connectivity index (χ3v) is 6.53. The van der Waals surface area contributed by atoms with Crippen molar-refractivity contribution in [1.29, 1.82) is 0 Å². The molecule has 11 heteroatoms. The zero-order valence-corrected chi connectivity index (χ0v) is 21.8. The summed E-state index contributed by atoms with van der Waals surface area (Å²) in [6.07, 6.45) is 1.66. The van der Waals surface area contributed by atoms with E-state index >= 15 is 0 Å². The van der Waals surface area contributed by atoms with Crippen molar-refractivity contribution in [2.24, 2.45) is 5.73 Å². The summed E-state index contributed by atoms with van der Waals surface area (Å²) in [6, 6.07) is 11.8. The summed E-state index contributed by atoms with van der Waals surface area (Å²) in [5.41, 5.74) is 7.57. The Morgan fingerprint density at radius 2 is 1.92 bits per heavy atom. The molecule has 4 rings (SSSR count). The van der Waals surface area contributed by atoms with E-state index in [1.807, 2.05) is 24.3 Å². The van der Waals surface area contributed by atoms with Gasteiger partial charge in [0, 0.05) is 36.6 Å². The highest BCUT2D eigenvalue weighted by Gasteiger charge is 2.32. The number of nitrogens with one attached hydrogen (secondary N) is 1. The molecule has 2 aromatic carbocycles. The second-order valence-electron chi connectivity index (χ2n) is 8.53. The molecular weight excluding hydrogens is 494 g/mol. The lowest BCUT2D eigenvalue weighted by atomic mass is 10.1. The van der Waals surface area contributed by atoms with Gasteiger partial charge in [-0.2, -0.15) is 4.98 Å². The fraction of sp³-hybridized carbons (Fsp3) is 0.308. The molecular formula is C26H30ClN7O3. The van der Waals surface area contributed by atoms with Gasteiger partial charge >= 0.3 is 6.03 Å². The number of nitrogens with two attached hydrogens (primary N) is 1. The third kappa shape index (κ3) is 5.92. The van der Waals surface area contributed by atoms with Crippen molar-refractivity contribution in [1.82, 2.24) is 14.9 Å². The number of urea groups is 1. The summed E-state index contributed by atoms with van der Waals surface area (Å²) in [6.45, 7) is 7.96. The van der Waals surface area contributed by atoms with Gasteiger partial charge in [0.05, 0.1) is 17.3 Å². The molecule has 3 aromatic rings. The first-order valence-electron chi connectivity index (χ1n) is 12.0. The van der Waals surface area contributed by atoms with Crippen LogP contribution in [-0.2, 0) is 6.54 Å². The number of aromatic nitrogens is 2. The van der Waals surface area contributed by atoms with Crippen LogP contribution in [0.4, 0.5) is 27.9 Å². The standard InChI is InChI=1S/C26H30ClN7O3/c1-4-33(5-2)12-13-37-20-9-7-19(8-10-20)30-25-29-15-18-16-34(26(36)32(3)24(18)31-25)22-14-17(23(28)35)6-11-21(22)27/h6-11,14-15H,4-5,12-13,16H2,1-3H3,(H2,28,35)(H,29,30,31). The molecule has 10 nitrogen and oxygen atoms in total. The van der Waals surface area contributed by atoms with Crippen molar-refractivity contribution < 1.29 is 14.3 Å². The molecule has 1 aromatic heterocycles. The summed E-state index contributed by atoms with van der Waals surface area (Å²) < 4.78 is 5.84. The van der Waals surface area contributed by atoms with Crippen LogP contribution in [0.3, 0.4) is 0 Å². The number of benzene rings is 2. The monoisotopic (exact) mass is 523 g/mol. The Morgan fingerprint density at radius 3 is 2.59 bits per heavy atom. The van der Waals surface area contributed by atoms with Crippen LogP contribution in [-0.4, -0.2) is 60.1 Å². The van der Waals surface area contributed by atoms with Gasteiger partial charge in [-0.3, -0.25) is 14.6 Å². The Morgan fingerprint density at radius 1 is 1.19 bits per heavy atom. The summed E-state index contributed by atoms with van der Waals surface area (Å²) in [5.74, 6) is 1.02. The quantitative estimate of drug-likeness (QED) is 0.407. The van der Waals surface area contributed by atoms with Gasteiger partial charge in [0.25, 0.3) is 0 Å². The number of hydrogen-bond donors (Lipinski definition) is 2. The van der Waals surface area contributed by atoms with Crippen LogP contribution in [0, 0.1) is 0 Å². The number of amides is 3. The second kappa shape index (κ2) is 11.4. The first kappa shape index (κ1) is 26.2. The lowest BCUT2D eigenvalue weighted by Gasteiger charge is -2.34. The van der Waals surface area contributed by atoms with Gasteiger partial charge in [-0.1, -0.05) is 25.4 Å². The highest BCUT2D eigenvalue weighted by molar-refractivity contribution is 6.34. The predicted molar refractivity (Wildman–Crippen MR) is 145 cm³/mol. The third-order valence-electron chi connectivity index (χ3n) is 6.21. The molecule has 0 saturated carbocycles. The van der Waals surface area contributed by atoms with Crippen LogP contribution >= 0.6 is 11.6 Å². The van der Waals surface area contributed by atoms with Gasteiger partial charge in [0.2, 0.25) is 11.9 Å². The molecule has 3 N–H and O–H groups in total. The average molecular weight is 524 g/mol. The Bertz CT molecular complexity index is 1280. The van der Waals surface area contributed by atoms with Crippen LogP contribution < -0.4 is 25.6 Å². The summed E-state index contributed by atoms with van der Waals surface area (Å²) in [4.78, 5) is 39.0. The highest BCUT2D eigenvalue weighted by Crippen LogP contribution is 2.34. The van der Waals surface area contributed by atoms with E-state index in [1.54, 1.807) is 19.3 Å². The van der Waals surface area contributed by atoms with E-state index < -0.39 is 5.91 Å². The van der Waals surface area contributed by atoms with Gasteiger partial charge < -0.3 is 20.7 Å². The maximum Gasteiger partial charge on any atom is 0.330 e. The molecule has 194 valence electrons. The van der Waals surface area contributed by atoms with Crippen molar-refractivity contribution in [2.45, 2.75) is 20.4 Å². The molecule has 3 amide bonds. The van der Waals surface area contributed by atoms with E-state index in [-0.39, 0.29) is 18.1 Å². The molecule has 0 atom stereocenters. The second-order valence-corrected chi connectivity index (χ2v) is 8.93. The Labute approximate surface area is 221 Å². The number of ether oxygens (including phenoxy) is 1. The Balaban J connectivity index is 1.46. The predicted octanol–water partition coefficient (Wildman–Crippen LogP) is 4.27. The highest BCUT2D eigenvalue weighted by atomic mass is 35.5. The SMILES string of the molecule is CCN(CC)CCOc1ccc(Nc2ncc3c(n2)N(C)C(=O)N(c2cc(C(N)=O)ccc2Cl)C3)cc1. The van der Waals surface area contributed by atoms with Crippen molar-refractivity contribution >= 4 is 46.7 Å². The molecule has 2 heterocycles. The molecule has 0 radical (unpaired) electrons. The Kier molecular flexibility index (Phi) is 8.10. The molecule has 1 aliphatic rings. The Hall–Kier alpha value is -3.89. The minimum Gasteiger partial charge on any atom is -0.492 e. The van der Waals surface area contributed by atoms with E-state index in [2.05, 4.69) is 34.0 Å². The number of anilines is 4. The first-order valence-corrected chi connectivity index (χ1v) is 12.4. The zero-order valence-electron chi connectivity index (χ0n) is 21.1. The lowest BCUT2D eigenvalue weighted by Crippen LogP contribution is -2.46. The van der Waals surface area contributed by atoms with Gasteiger partial charge in [-0.15, -0.1) is 0 Å². The van der Waals surface area contributed by atoms with Crippen molar-refractivity contribution in [2.75, 3.05) is 48.4 Å². The number of fused-ring (bicyclic) bond motifs is 1. The van der Waals surface area contributed by atoms with Crippen LogP contribution in [0.1, 0.15) is 29.8 Å². The smallest absolute Gasteiger partial charge is 0.330 e. The number of halogens is 1. The van der Waals surface area contributed by atoms with E-state index in [4.69, 9.17) is 22.1 Å². The van der Waals surface area contributed by atoms with Gasteiger partial charge in [-0.05, 0) is 55.6 Å². The van der Waals surface area contributed by atoms with E-state index in [0.717, 1.165) is 36.6 Å². The molecule has 37 heavy (non-hydrogen) atoms. The number of nitrogens with zero attached hydrogens (tertiary/aromatic N) is 5. The molecule has 0 spiro atoms. The van der Waals surface area contributed by atoms with Crippen molar-refractivity contribution in [3.05, 3.63) is 64.8 Å². The summed E-state index contributed by atoms with van der Waals surface area (Å²) >= 11 is 6.34. The zero-order chi connectivity index (χ0) is 26.5. The first-order chi connectivity index (χ1) is 17.8. The fourth-order valence-electron chi connectivity index (χ4n) is 4.03. The number of carbonyl (C=O) groups is 2. The fourth-order valence-corrected chi connectivity index (χ4v) is 4.25. The van der Waals surface area contributed by atoms with Gasteiger partial charge in [-0.25, -0.2) is 9.78 Å². The number of likely N-dealkylation sites (N-methyl/N-ethyl adjacent to an activating group) is 1. The van der Waals surface area contributed by atoms with Crippen LogP contribution in [0.25, 0.3) is 0 Å². The molecule has 0 saturated heterocycles. The molecule has 0 fully saturated rings. The van der Waals surface area contributed by atoms with Crippen LogP contribution in [0.2, 0.25) is 5.02 Å². The van der Waals surface area contributed by atoms with Crippen LogP contribution in [0.5, 0.6) is 5.75 Å². The van der Waals surface area contributed by atoms with E-state index in [1.165, 1.54) is 21.9 Å². The summed E-state index contributed by atoms with van der Waals surface area (Å²) in [5, 5.41) is 3.50. The topological polar surface area (TPSA) is 117 Å². The summed E-state index contributed by atoms with van der Waals surface area (Å²) in [7, 11) is 1.63. The van der Waals surface area contributed by atoms with Crippen molar-refractivity contribution in [3.8, 4) is 5.75 Å². The number of hydrogen-bond acceptors (Lipinski definition) is 7. The van der Waals surface area contributed by atoms with Crippen LogP contribution in [0.15, 0.2) is 48.7 Å². The molecule has 0 unspecified atom stereocenters. The normalized spacial score (nSPS) is 13.1. The molecule has 1 aliphatic heterocycles. The maximum absolute atomic E-state index is 13.2. The lowest BCUT2D eigenvalue weighted by molar-refractivity contribution is 0.1000. The largest absolute Gasteiger partial charge is 0.492 e. The van der Waals surface area contributed by atoms with E-state index in [9.17, 15) is 9.59 Å². The van der Waals surface area contributed by atoms with E-state index in [0.29, 0.717) is 29.1 Å². The number of carbonyl (C=O) groups excluding carboxylic acids is 2. The van der Waals surface area contributed by atoms with Crippen molar-refractivity contribution in [3.63, 3.8) is 0 Å². The number of primary amides is 1. The number of rotatable bonds is 10. The maximum atomic E-state index is 13.2.